The van der Waals surface area contributed by atoms with Gasteiger partial charge in [0, 0.05) is 12.1 Å². The Balaban J connectivity index is 1.77. The van der Waals surface area contributed by atoms with E-state index in [2.05, 4.69) is 24.3 Å². The maximum Gasteiger partial charge on any atom is 0.246 e. The highest BCUT2D eigenvalue weighted by molar-refractivity contribution is 5.77. The molecule has 5 nitrogen and oxygen atoms in total. The average molecular weight is 348 g/mol. The molecule has 0 aromatic heterocycles. The van der Waals surface area contributed by atoms with Gasteiger partial charge in [-0.15, -0.1) is 0 Å². The number of carbonyl (C=O) groups excluding carboxylic acids is 1. The molecule has 1 fully saturated rings. The Morgan fingerprint density at radius 2 is 1.92 bits per heavy atom. The van der Waals surface area contributed by atoms with Crippen LogP contribution in [0.1, 0.15) is 44.1 Å². The molecule has 0 aliphatic heterocycles. The van der Waals surface area contributed by atoms with E-state index in [1.807, 2.05) is 24.3 Å². The first-order chi connectivity index (χ1) is 12.1. The van der Waals surface area contributed by atoms with Crippen molar-refractivity contribution in [3.8, 4) is 5.75 Å². The Bertz CT molecular complexity index is 537. The normalized spacial score (nSPS) is 17.1. The topological polar surface area (TPSA) is 50.8 Å². The molecule has 0 spiro atoms. The summed E-state index contributed by atoms with van der Waals surface area (Å²) in [6.45, 7) is 1.19. The number of hydrogen-bond acceptors (Lipinski definition) is 4. The number of amides is 1. The molecule has 25 heavy (non-hydrogen) atoms. The number of carbonyl (C=O) groups is 1. The van der Waals surface area contributed by atoms with Crippen LogP contribution in [0.4, 0.5) is 0 Å². The molecule has 2 rings (SSSR count). The lowest BCUT2D eigenvalue weighted by Crippen LogP contribution is -2.52. The summed E-state index contributed by atoms with van der Waals surface area (Å²) >= 11 is 0. The minimum atomic E-state index is -0.0478. The summed E-state index contributed by atoms with van der Waals surface area (Å²) < 4.78 is 10.7. The van der Waals surface area contributed by atoms with Crippen molar-refractivity contribution in [1.29, 1.82) is 0 Å². The van der Waals surface area contributed by atoms with Crippen LogP contribution in [-0.4, -0.2) is 50.7 Å². The van der Waals surface area contributed by atoms with Gasteiger partial charge in [0.1, 0.15) is 12.4 Å². The smallest absolute Gasteiger partial charge is 0.246 e. The van der Waals surface area contributed by atoms with E-state index in [4.69, 9.17) is 9.47 Å². The second-order valence-corrected chi connectivity index (χ2v) is 7.15. The first-order valence-corrected chi connectivity index (χ1v) is 9.20. The first kappa shape index (κ1) is 19.7. The van der Waals surface area contributed by atoms with Crippen LogP contribution in [-0.2, 0) is 16.1 Å². The Morgan fingerprint density at radius 3 is 2.56 bits per heavy atom. The summed E-state index contributed by atoms with van der Waals surface area (Å²) in [7, 11) is 5.88. The maximum atomic E-state index is 12.2. The minimum Gasteiger partial charge on any atom is -0.497 e. The third-order valence-corrected chi connectivity index (χ3v) is 5.23. The van der Waals surface area contributed by atoms with Gasteiger partial charge in [-0.1, -0.05) is 37.8 Å². The van der Waals surface area contributed by atoms with Gasteiger partial charge in [0.2, 0.25) is 5.91 Å². The van der Waals surface area contributed by atoms with E-state index in [-0.39, 0.29) is 18.1 Å². The zero-order chi connectivity index (χ0) is 18.1. The van der Waals surface area contributed by atoms with Gasteiger partial charge in [0.05, 0.1) is 13.7 Å². The number of rotatable bonds is 8. The van der Waals surface area contributed by atoms with Crippen LogP contribution in [0.5, 0.6) is 5.75 Å². The van der Waals surface area contributed by atoms with Gasteiger partial charge in [-0.2, -0.15) is 0 Å². The van der Waals surface area contributed by atoms with Gasteiger partial charge < -0.3 is 19.7 Å². The number of nitrogens with one attached hydrogen (secondary N) is 1. The highest BCUT2D eigenvalue weighted by Gasteiger charge is 2.33. The van der Waals surface area contributed by atoms with Crippen LogP contribution in [0.2, 0.25) is 0 Å². The lowest BCUT2D eigenvalue weighted by Gasteiger charge is -2.39. The Hall–Kier alpha value is -1.59. The van der Waals surface area contributed by atoms with Crippen molar-refractivity contribution < 1.29 is 14.3 Å². The molecular weight excluding hydrogens is 316 g/mol. The molecule has 5 heteroatoms. The zero-order valence-corrected chi connectivity index (χ0v) is 15.8. The van der Waals surface area contributed by atoms with Crippen molar-refractivity contribution in [1.82, 2.24) is 10.2 Å². The second kappa shape index (κ2) is 9.78. The van der Waals surface area contributed by atoms with Crippen molar-refractivity contribution in [3.05, 3.63) is 29.8 Å². The molecule has 0 atom stereocenters. The number of nitrogens with zero attached hydrogens (tertiary/aromatic N) is 1. The molecule has 1 aromatic rings. The summed E-state index contributed by atoms with van der Waals surface area (Å²) in [5.74, 6) is 0.750. The third kappa shape index (κ3) is 6.01. The van der Waals surface area contributed by atoms with Crippen LogP contribution < -0.4 is 10.1 Å². The standard InChI is InChI=1S/C20H32N2O3/c1-22(2)20(11-6-4-5-7-12-20)16-21-19(23)15-25-14-17-9-8-10-18(13-17)24-3/h8-10,13H,4-7,11-12,14-16H2,1-3H3,(H,21,23). The van der Waals surface area contributed by atoms with E-state index in [1.165, 1.54) is 25.7 Å². The molecule has 1 aliphatic carbocycles. The van der Waals surface area contributed by atoms with Crippen molar-refractivity contribution in [2.75, 3.05) is 34.4 Å². The van der Waals surface area contributed by atoms with Crippen LogP contribution in [0.25, 0.3) is 0 Å². The predicted molar refractivity (Wildman–Crippen MR) is 99.8 cm³/mol. The molecule has 0 saturated heterocycles. The lowest BCUT2D eigenvalue weighted by atomic mass is 9.88. The minimum absolute atomic E-state index is 0.0478. The van der Waals surface area contributed by atoms with Crippen molar-refractivity contribution >= 4 is 5.91 Å². The van der Waals surface area contributed by atoms with E-state index in [9.17, 15) is 4.79 Å². The van der Waals surface area contributed by atoms with E-state index in [1.54, 1.807) is 7.11 Å². The molecule has 140 valence electrons. The van der Waals surface area contributed by atoms with E-state index < -0.39 is 0 Å². The highest BCUT2D eigenvalue weighted by Crippen LogP contribution is 2.30. The number of methoxy groups -OCH3 is 1. The fraction of sp³-hybridized carbons (Fsp3) is 0.650. The van der Waals surface area contributed by atoms with Gasteiger partial charge >= 0.3 is 0 Å². The second-order valence-electron chi connectivity index (χ2n) is 7.15. The van der Waals surface area contributed by atoms with E-state index >= 15 is 0 Å². The van der Waals surface area contributed by atoms with Crippen LogP contribution in [0, 0.1) is 0 Å². The van der Waals surface area contributed by atoms with E-state index in [0.717, 1.165) is 24.2 Å². The molecular formula is C20H32N2O3. The average Bonchev–Trinajstić information content (AvgIpc) is 2.87. The molecule has 1 aliphatic rings. The van der Waals surface area contributed by atoms with Crippen molar-refractivity contribution in [2.24, 2.45) is 0 Å². The Kier molecular flexibility index (Phi) is 7.72. The molecule has 0 unspecified atom stereocenters. The van der Waals surface area contributed by atoms with Gasteiger partial charge in [0.25, 0.3) is 0 Å². The predicted octanol–water partition coefficient (Wildman–Crippen LogP) is 2.98. The Labute approximate surface area is 151 Å². The lowest BCUT2D eigenvalue weighted by molar-refractivity contribution is -0.126. The van der Waals surface area contributed by atoms with Crippen LogP contribution >= 0.6 is 0 Å². The largest absolute Gasteiger partial charge is 0.497 e. The fourth-order valence-corrected chi connectivity index (χ4v) is 3.51. The van der Waals surface area contributed by atoms with Gasteiger partial charge in [-0.25, -0.2) is 0 Å². The van der Waals surface area contributed by atoms with Gasteiger partial charge in [-0.3, -0.25) is 4.79 Å². The van der Waals surface area contributed by atoms with Crippen LogP contribution in [0.15, 0.2) is 24.3 Å². The van der Waals surface area contributed by atoms with Gasteiger partial charge in [-0.05, 0) is 44.6 Å². The molecule has 1 saturated carbocycles. The summed E-state index contributed by atoms with van der Waals surface area (Å²) in [6.07, 6.45) is 7.36. The summed E-state index contributed by atoms with van der Waals surface area (Å²) in [6, 6.07) is 7.70. The number of hydrogen-bond donors (Lipinski definition) is 1. The quantitative estimate of drug-likeness (QED) is 0.734. The number of benzene rings is 1. The summed E-state index contributed by atoms with van der Waals surface area (Å²) in [5.41, 5.74) is 1.08. The SMILES string of the molecule is COc1cccc(COCC(=O)NCC2(N(C)C)CCCCCC2)c1. The third-order valence-electron chi connectivity index (χ3n) is 5.23. The maximum absolute atomic E-state index is 12.2. The monoisotopic (exact) mass is 348 g/mol. The number of likely N-dealkylation sites (N-methyl/N-ethyl adjacent to an activating group) is 1. The van der Waals surface area contributed by atoms with Crippen molar-refractivity contribution in [3.63, 3.8) is 0 Å². The summed E-state index contributed by atoms with van der Waals surface area (Å²) in [4.78, 5) is 14.5. The summed E-state index contributed by atoms with van der Waals surface area (Å²) in [5, 5.41) is 3.08. The molecule has 0 bridgehead atoms. The zero-order valence-electron chi connectivity index (χ0n) is 15.8. The molecule has 1 N–H and O–H groups in total. The van der Waals surface area contributed by atoms with E-state index in [0.29, 0.717) is 13.2 Å². The number of ether oxygens (including phenoxy) is 2. The molecule has 0 radical (unpaired) electrons. The fourth-order valence-electron chi connectivity index (χ4n) is 3.51. The van der Waals surface area contributed by atoms with Crippen molar-refractivity contribution in [2.45, 2.75) is 50.7 Å². The van der Waals surface area contributed by atoms with Crippen LogP contribution in [0.3, 0.4) is 0 Å². The first-order valence-electron chi connectivity index (χ1n) is 9.20. The molecule has 1 aromatic carbocycles. The molecule has 0 heterocycles. The highest BCUT2D eigenvalue weighted by atomic mass is 16.5. The molecule has 1 amide bonds. The van der Waals surface area contributed by atoms with Gasteiger partial charge in [0.15, 0.2) is 0 Å². The Morgan fingerprint density at radius 1 is 1.20 bits per heavy atom.